The molecule has 0 aliphatic carbocycles. The molecular formula is C21H20Cl2N2O3. The first-order valence-electron chi connectivity index (χ1n) is 9.07. The van der Waals surface area contributed by atoms with Gasteiger partial charge in [0, 0.05) is 5.56 Å². The molecule has 146 valence electrons. The lowest BCUT2D eigenvalue weighted by molar-refractivity contribution is -0.131. The van der Waals surface area contributed by atoms with Crippen molar-refractivity contribution in [3.8, 4) is 0 Å². The fourth-order valence-corrected chi connectivity index (χ4v) is 3.65. The molecule has 3 amide bonds. The van der Waals surface area contributed by atoms with Crippen molar-refractivity contribution in [2.24, 2.45) is 0 Å². The zero-order valence-electron chi connectivity index (χ0n) is 15.4. The van der Waals surface area contributed by atoms with E-state index in [4.69, 9.17) is 23.2 Å². The third kappa shape index (κ3) is 3.77. The highest BCUT2D eigenvalue weighted by atomic mass is 35.5. The molecule has 0 spiro atoms. The van der Waals surface area contributed by atoms with Crippen molar-refractivity contribution in [3.63, 3.8) is 0 Å². The number of hydrogen-bond acceptors (Lipinski definition) is 3. The minimum absolute atomic E-state index is 0.242. The Morgan fingerprint density at radius 2 is 1.79 bits per heavy atom. The maximum absolute atomic E-state index is 13.3. The van der Waals surface area contributed by atoms with Gasteiger partial charge < -0.3 is 5.32 Å². The van der Waals surface area contributed by atoms with Crippen molar-refractivity contribution in [1.29, 1.82) is 0 Å². The van der Waals surface area contributed by atoms with Crippen LogP contribution in [0, 0.1) is 0 Å². The van der Waals surface area contributed by atoms with E-state index < -0.39 is 17.5 Å². The number of benzene rings is 2. The smallest absolute Gasteiger partial charge is 0.319 e. The van der Waals surface area contributed by atoms with Crippen LogP contribution in [0.4, 0.5) is 4.79 Å². The van der Waals surface area contributed by atoms with Gasteiger partial charge in [-0.2, -0.15) is 0 Å². The Labute approximate surface area is 173 Å². The van der Waals surface area contributed by atoms with E-state index in [-0.39, 0.29) is 17.4 Å². The van der Waals surface area contributed by atoms with Gasteiger partial charge in [-0.3, -0.25) is 14.5 Å². The zero-order valence-corrected chi connectivity index (χ0v) is 16.9. The predicted molar refractivity (Wildman–Crippen MR) is 109 cm³/mol. The van der Waals surface area contributed by atoms with Crippen LogP contribution in [0.15, 0.2) is 48.5 Å². The van der Waals surface area contributed by atoms with E-state index in [1.54, 1.807) is 0 Å². The third-order valence-electron chi connectivity index (χ3n) is 4.89. The minimum Gasteiger partial charge on any atom is -0.319 e. The van der Waals surface area contributed by atoms with Crippen LogP contribution in [0.1, 0.15) is 42.1 Å². The Bertz CT molecular complexity index is 917. The number of carbonyl (C=O) groups excluding carboxylic acids is 3. The van der Waals surface area contributed by atoms with Gasteiger partial charge >= 0.3 is 6.03 Å². The van der Waals surface area contributed by atoms with E-state index in [0.29, 0.717) is 22.6 Å². The average Bonchev–Trinajstić information content (AvgIpc) is 2.94. The maximum atomic E-state index is 13.3. The summed E-state index contributed by atoms with van der Waals surface area (Å²) >= 11 is 11.9. The standard InChI is InChI=1S/C21H20Cl2N2O3/c1-2-3-11-21(15-7-5-4-6-8-15)19(27)25(20(28)24-21)13-18(26)14-9-10-16(22)17(23)12-14/h4-10,12H,2-3,11,13H2,1H3,(H,24,28). The molecule has 1 aliphatic heterocycles. The number of amides is 3. The van der Waals surface area contributed by atoms with Gasteiger partial charge in [0.25, 0.3) is 5.91 Å². The number of imide groups is 1. The fraction of sp³-hybridized carbons (Fsp3) is 0.286. The predicted octanol–water partition coefficient (Wildman–Crippen LogP) is 4.81. The molecular weight excluding hydrogens is 399 g/mol. The highest BCUT2D eigenvalue weighted by Gasteiger charge is 2.52. The number of nitrogens with one attached hydrogen (secondary N) is 1. The molecule has 0 aromatic heterocycles. The number of Topliss-reactive ketones (excluding diaryl/α,β-unsaturated/α-hetero) is 1. The summed E-state index contributed by atoms with van der Waals surface area (Å²) in [6.45, 7) is 1.66. The lowest BCUT2D eigenvalue weighted by Gasteiger charge is -2.27. The molecule has 1 N–H and O–H groups in total. The normalized spacial score (nSPS) is 19.0. The van der Waals surface area contributed by atoms with Crippen LogP contribution in [-0.4, -0.2) is 29.2 Å². The average molecular weight is 419 g/mol. The molecule has 5 nitrogen and oxygen atoms in total. The summed E-state index contributed by atoms with van der Waals surface area (Å²) in [5.74, 6) is -0.799. The zero-order chi connectivity index (χ0) is 20.3. The van der Waals surface area contributed by atoms with Gasteiger partial charge in [0.2, 0.25) is 0 Å². The Kier molecular flexibility index (Phi) is 6.06. The second-order valence-corrected chi connectivity index (χ2v) is 7.56. The first kappa shape index (κ1) is 20.4. The molecule has 7 heteroatoms. The number of halogens is 2. The Hall–Kier alpha value is -2.37. The van der Waals surface area contributed by atoms with Crippen molar-refractivity contribution < 1.29 is 14.4 Å². The number of urea groups is 1. The van der Waals surface area contributed by atoms with Crippen LogP contribution in [0.3, 0.4) is 0 Å². The molecule has 0 radical (unpaired) electrons. The van der Waals surface area contributed by atoms with Crippen LogP contribution in [0.25, 0.3) is 0 Å². The van der Waals surface area contributed by atoms with Gasteiger partial charge in [-0.15, -0.1) is 0 Å². The number of nitrogens with zero attached hydrogens (tertiary/aromatic N) is 1. The second-order valence-electron chi connectivity index (χ2n) is 6.75. The molecule has 1 aliphatic rings. The van der Waals surface area contributed by atoms with E-state index in [0.717, 1.165) is 17.7 Å². The molecule has 0 saturated carbocycles. The number of unbranched alkanes of at least 4 members (excludes halogenated alkanes) is 1. The van der Waals surface area contributed by atoms with E-state index >= 15 is 0 Å². The molecule has 2 aromatic rings. The van der Waals surface area contributed by atoms with Gasteiger partial charge in [-0.1, -0.05) is 73.3 Å². The lowest BCUT2D eigenvalue weighted by atomic mass is 9.85. The fourth-order valence-electron chi connectivity index (χ4n) is 3.35. The van der Waals surface area contributed by atoms with Gasteiger partial charge in [0.1, 0.15) is 5.54 Å². The molecule has 2 aromatic carbocycles. The van der Waals surface area contributed by atoms with Crippen LogP contribution < -0.4 is 5.32 Å². The Morgan fingerprint density at radius 3 is 2.43 bits per heavy atom. The summed E-state index contributed by atoms with van der Waals surface area (Å²) in [6.07, 6.45) is 2.10. The summed E-state index contributed by atoms with van der Waals surface area (Å²) in [4.78, 5) is 39.5. The number of rotatable bonds is 7. The van der Waals surface area contributed by atoms with Crippen molar-refractivity contribution in [2.75, 3.05) is 6.54 Å². The van der Waals surface area contributed by atoms with Crippen LogP contribution in [0.2, 0.25) is 10.0 Å². The van der Waals surface area contributed by atoms with E-state index in [9.17, 15) is 14.4 Å². The quantitative estimate of drug-likeness (QED) is 0.517. The molecule has 0 bridgehead atoms. The van der Waals surface area contributed by atoms with Gasteiger partial charge in [0.05, 0.1) is 16.6 Å². The first-order chi connectivity index (χ1) is 13.4. The second kappa shape index (κ2) is 8.33. The Morgan fingerprint density at radius 1 is 1.07 bits per heavy atom. The van der Waals surface area contributed by atoms with Gasteiger partial charge in [-0.25, -0.2) is 4.79 Å². The minimum atomic E-state index is -1.15. The van der Waals surface area contributed by atoms with E-state index in [1.807, 2.05) is 37.3 Å². The Balaban J connectivity index is 1.88. The molecule has 1 unspecified atom stereocenters. The van der Waals surface area contributed by atoms with Gasteiger partial charge in [0.15, 0.2) is 5.78 Å². The van der Waals surface area contributed by atoms with Crippen molar-refractivity contribution in [3.05, 3.63) is 69.7 Å². The topological polar surface area (TPSA) is 66.5 Å². The van der Waals surface area contributed by atoms with E-state index in [1.165, 1.54) is 18.2 Å². The molecule has 1 heterocycles. The summed E-state index contributed by atoms with van der Waals surface area (Å²) < 4.78 is 0. The third-order valence-corrected chi connectivity index (χ3v) is 5.63. The molecule has 28 heavy (non-hydrogen) atoms. The molecule has 3 rings (SSSR count). The van der Waals surface area contributed by atoms with Crippen molar-refractivity contribution in [1.82, 2.24) is 10.2 Å². The summed E-state index contributed by atoms with van der Waals surface area (Å²) in [6, 6.07) is 13.0. The molecule has 1 atom stereocenters. The SMILES string of the molecule is CCCCC1(c2ccccc2)NC(=O)N(CC(=O)c2ccc(Cl)c(Cl)c2)C1=O. The number of hydrogen-bond donors (Lipinski definition) is 1. The van der Waals surface area contributed by atoms with Crippen LogP contribution in [-0.2, 0) is 10.3 Å². The molecule has 1 fully saturated rings. The van der Waals surface area contributed by atoms with Crippen molar-refractivity contribution >= 4 is 40.9 Å². The summed E-state index contributed by atoms with van der Waals surface area (Å²) in [5, 5.41) is 3.41. The highest BCUT2D eigenvalue weighted by Crippen LogP contribution is 2.34. The highest BCUT2D eigenvalue weighted by molar-refractivity contribution is 6.42. The first-order valence-corrected chi connectivity index (χ1v) is 9.82. The lowest BCUT2D eigenvalue weighted by Crippen LogP contribution is -2.44. The largest absolute Gasteiger partial charge is 0.325 e. The number of carbonyl (C=O) groups is 3. The number of ketones is 1. The van der Waals surface area contributed by atoms with Gasteiger partial charge in [-0.05, 0) is 30.2 Å². The summed E-state index contributed by atoms with van der Waals surface area (Å²) in [7, 11) is 0. The maximum Gasteiger partial charge on any atom is 0.325 e. The van der Waals surface area contributed by atoms with E-state index in [2.05, 4.69) is 5.32 Å². The summed E-state index contributed by atoms with van der Waals surface area (Å²) in [5.41, 5.74) is -0.140. The van der Waals surface area contributed by atoms with Crippen LogP contribution in [0.5, 0.6) is 0 Å². The van der Waals surface area contributed by atoms with Crippen molar-refractivity contribution in [2.45, 2.75) is 31.7 Å². The molecule has 1 saturated heterocycles. The van der Waals surface area contributed by atoms with Crippen LogP contribution >= 0.6 is 23.2 Å². The monoisotopic (exact) mass is 418 g/mol.